The van der Waals surface area contributed by atoms with Gasteiger partial charge in [-0.1, -0.05) is 69.2 Å². The summed E-state index contributed by atoms with van der Waals surface area (Å²) in [5.41, 5.74) is -0.612. The number of allylic oxidation sites excluding steroid dienone is 1. The first-order valence-corrected chi connectivity index (χ1v) is 14.1. The minimum absolute atomic E-state index is 0.0373. The van der Waals surface area contributed by atoms with Gasteiger partial charge in [-0.15, -0.1) is 0 Å². The van der Waals surface area contributed by atoms with Crippen LogP contribution in [0.4, 0.5) is 0 Å². The van der Waals surface area contributed by atoms with Gasteiger partial charge in [0.2, 0.25) is 0 Å². The number of morpholine rings is 1. The highest BCUT2D eigenvalue weighted by Crippen LogP contribution is 2.82. The van der Waals surface area contributed by atoms with E-state index < -0.39 is 28.5 Å². The molecule has 0 aromatic heterocycles. The standard InChI is InChI=1S/C31H41NO5/c1-19(2)25-12-22-13-29(17-33)24-11-10-20(3)23(24)14-30(22,31(25,29)28(34)35)18-36-27-16-32(4)15-26(37-27)21-8-6-5-7-9-21/h5-9,12,17,19-20,22-24,26-27H,10-11,13-16,18H2,1-4H3,(H,34,35)/t20-,22+,23-,24-,26?,27-,29-,30+,31+/m1/s1. The summed E-state index contributed by atoms with van der Waals surface area (Å²) in [6, 6.07) is 10.2. The van der Waals surface area contributed by atoms with Crippen LogP contribution < -0.4 is 0 Å². The lowest BCUT2D eigenvalue weighted by Gasteiger charge is -2.58. The number of carbonyl (C=O) groups is 2. The van der Waals surface area contributed by atoms with Crippen molar-refractivity contribution < 1.29 is 24.2 Å². The molecule has 9 atom stereocenters. The van der Waals surface area contributed by atoms with E-state index in [1.807, 2.05) is 18.2 Å². The van der Waals surface area contributed by atoms with E-state index in [4.69, 9.17) is 9.47 Å². The van der Waals surface area contributed by atoms with E-state index in [1.54, 1.807) is 0 Å². The number of aldehydes is 1. The number of fused-ring (bicyclic) bond motifs is 2. The lowest BCUT2D eigenvalue weighted by atomic mass is 9.43. The molecule has 1 aliphatic heterocycles. The van der Waals surface area contributed by atoms with E-state index in [2.05, 4.69) is 50.9 Å². The number of rotatable bonds is 7. The Morgan fingerprint density at radius 3 is 2.65 bits per heavy atom. The van der Waals surface area contributed by atoms with Gasteiger partial charge in [0.15, 0.2) is 6.29 Å². The Balaban J connectivity index is 1.37. The average Bonchev–Trinajstić information content (AvgIpc) is 3.45. The molecule has 6 rings (SSSR count). The molecule has 4 fully saturated rings. The Morgan fingerprint density at radius 2 is 1.97 bits per heavy atom. The third-order valence-electron chi connectivity index (χ3n) is 11.1. The molecule has 1 aromatic carbocycles. The van der Waals surface area contributed by atoms with Crippen molar-refractivity contribution in [2.75, 3.05) is 26.7 Å². The van der Waals surface area contributed by atoms with Gasteiger partial charge in [0.1, 0.15) is 11.7 Å². The van der Waals surface area contributed by atoms with Gasteiger partial charge in [0.05, 0.1) is 18.1 Å². The molecule has 1 saturated heterocycles. The van der Waals surface area contributed by atoms with Gasteiger partial charge < -0.3 is 19.4 Å². The van der Waals surface area contributed by atoms with E-state index in [-0.39, 0.29) is 23.9 Å². The average molecular weight is 508 g/mol. The number of benzene rings is 1. The zero-order valence-corrected chi connectivity index (χ0v) is 22.6. The van der Waals surface area contributed by atoms with Crippen molar-refractivity contribution >= 4 is 12.3 Å². The van der Waals surface area contributed by atoms with E-state index in [1.165, 1.54) is 0 Å². The van der Waals surface area contributed by atoms with Crippen molar-refractivity contribution in [3.8, 4) is 0 Å². The molecule has 37 heavy (non-hydrogen) atoms. The van der Waals surface area contributed by atoms with Crippen LogP contribution in [0.15, 0.2) is 42.0 Å². The highest BCUT2D eigenvalue weighted by molar-refractivity contribution is 5.90. The fourth-order valence-electron chi connectivity index (χ4n) is 9.70. The Bertz CT molecular complexity index is 1100. The van der Waals surface area contributed by atoms with Crippen LogP contribution in [0, 0.1) is 45.8 Å². The number of carboxylic acid groups (broad SMARTS) is 1. The first-order chi connectivity index (χ1) is 17.7. The number of aliphatic carboxylic acids is 1. The van der Waals surface area contributed by atoms with Crippen LogP contribution in [-0.4, -0.2) is 55.3 Å². The van der Waals surface area contributed by atoms with Crippen molar-refractivity contribution in [1.82, 2.24) is 4.90 Å². The van der Waals surface area contributed by atoms with E-state index in [9.17, 15) is 14.7 Å². The van der Waals surface area contributed by atoms with Crippen molar-refractivity contribution in [2.24, 2.45) is 45.8 Å². The van der Waals surface area contributed by atoms with Gasteiger partial charge in [-0.3, -0.25) is 9.69 Å². The number of carbonyl (C=O) groups excluding carboxylic acids is 1. The van der Waals surface area contributed by atoms with Gasteiger partial charge in [-0.25, -0.2) is 0 Å². The highest BCUT2D eigenvalue weighted by atomic mass is 16.7. The molecule has 0 spiro atoms. The third-order valence-corrected chi connectivity index (χ3v) is 11.1. The monoisotopic (exact) mass is 507 g/mol. The van der Waals surface area contributed by atoms with Crippen LogP contribution >= 0.6 is 0 Å². The van der Waals surface area contributed by atoms with Crippen molar-refractivity contribution in [1.29, 1.82) is 0 Å². The van der Waals surface area contributed by atoms with Crippen molar-refractivity contribution in [2.45, 2.75) is 58.8 Å². The minimum Gasteiger partial charge on any atom is -0.481 e. The molecule has 1 aromatic rings. The maximum Gasteiger partial charge on any atom is 0.315 e. The normalized spacial score (nSPS) is 44.6. The summed E-state index contributed by atoms with van der Waals surface area (Å²) in [6.45, 7) is 8.18. The first kappa shape index (κ1) is 25.3. The second-order valence-electron chi connectivity index (χ2n) is 13.0. The largest absolute Gasteiger partial charge is 0.481 e. The zero-order valence-electron chi connectivity index (χ0n) is 22.6. The van der Waals surface area contributed by atoms with Crippen LogP contribution in [0.1, 0.15) is 58.1 Å². The summed E-state index contributed by atoms with van der Waals surface area (Å²) in [5.74, 6) is 0.263. The lowest BCUT2D eigenvalue weighted by molar-refractivity contribution is -0.238. The SMILES string of the molecule is CC(C)C1=C[C@H]2C[C@@]3(C=O)[C@@H]4CC[C@@H](C)[C@H]4C[C@@]2(CO[C@H]2CN(C)CC(c4ccccc4)O2)[C@]13C(=O)O. The molecule has 200 valence electrons. The van der Waals surface area contributed by atoms with E-state index in [0.29, 0.717) is 31.4 Å². The first-order valence-electron chi connectivity index (χ1n) is 14.1. The molecular formula is C31H41NO5. The zero-order chi connectivity index (χ0) is 26.2. The fraction of sp³-hybridized carbons (Fsp3) is 0.677. The molecule has 0 radical (unpaired) electrons. The Hall–Kier alpha value is -2.02. The lowest BCUT2D eigenvalue weighted by Crippen LogP contribution is -2.63. The number of ether oxygens (including phenoxy) is 2. The second kappa shape index (κ2) is 8.75. The second-order valence-corrected chi connectivity index (χ2v) is 13.0. The Labute approximate surface area is 220 Å². The van der Waals surface area contributed by atoms with E-state index in [0.717, 1.165) is 43.2 Å². The van der Waals surface area contributed by atoms with Crippen LogP contribution in [0.5, 0.6) is 0 Å². The molecule has 0 amide bonds. The predicted molar refractivity (Wildman–Crippen MR) is 140 cm³/mol. The molecule has 4 aliphatic carbocycles. The summed E-state index contributed by atoms with van der Waals surface area (Å²) in [5, 5.41) is 11.1. The molecule has 6 nitrogen and oxygen atoms in total. The van der Waals surface area contributed by atoms with Gasteiger partial charge >= 0.3 is 5.97 Å². The molecule has 6 heteroatoms. The maximum absolute atomic E-state index is 13.6. The molecule has 1 N–H and O–H groups in total. The smallest absolute Gasteiger partial charge is 0.315 e. The predicted octanol–water partition coefficient (Wildman–Crippen LogP) is 4.96. The fourth-order valence-corrected chi connectivity index (χ4v) is 9.70. The van der Waals surface area contributed by atoms with Crippen LogP contribution in [0.3, 0.4) is 0 Å². The molecular weight excluding hydrogens is 466 g/mol. The molecule has 1 unspecified atom stereocenters. The van der Waals surface area contributed by atoms with Gasteiger partial charge in [-0.05, 0) is 61.5 Å². The number of hydrogen-bond acceptors (Lipinski definition) is 5. The van der Waals surface area contributed by atoms with E-state index >= 15 is 0 Å². The molecule has 3 saturated carbocycles. The number of hydrogen-bond donors (Lipinski definition) is 1. The molecule has 4 bridgehead atoms. The van der Waals surface area contributed by atoms with Crippen LogP contribution in [0.25, 0.3) is 0 Å². The summed E-state index contributed by atoms with van der Waals surface area (Å²) in [4.78, 5) is 29.0. The number of carboxylic acids is 1. The van der Waals surface area contributed by atoms with Crippen molar-refractivity contribution in [3.05, 3.63) is 47.5 Å². The summed E-state index contributed by atoms with van der Waals surface area (Å²) in [7, 11) is 2.08. The van der Waals surface area contributed by atoms with Gasteiger partial charge in [0, 0.05) is 18.5 Å². The van der Waals surface area contributed by atoms with Crippen LogP contribution in [-0.2, 0) is 19.1 Å². The quantitative estimate of drug-likeness (QED) is 0.415. The summed E-state index contributed by atoms with van der Waals surface area (Å²) in [6.07, 6.45) is 6.22. The van der Waals surface area contributed by atoms with Crippen LogP contribution in [0.2, 0.25) is 0 Å². The third kappa shape index (κ3) is 3.21. The molecule has 1 heterocycles. The minimum atomic E-state index is -1.20. The number of likely N-dealkylation sites (N-methyl/N-ethyl adjacent to an activating group) is 1. The topological polar surface area (TPSA) is 76.1 Å². The van der Waals surface area contributed by atoms with Crippen molar-refractivity contribution in [3.63, 3.8) is 0 Å². The maximum atomic E-state index is 13.6. The Kier molecular flexibility index (Phi) is 5.98. The molecule has 5 aliphatic rings. The van der Waals surface area contributed by atoms with Gasteiger partial charge in [-0.2, -0.15) is 0 Å². The highest BCUT2D eigenvalue weighted by Gasteiger charge is 2.84. The summed E-state index contributed by atoms with van der Waals surface area (Å²) >= 11 is 0. The summed E-state index contributed by atoms with van der Waals surface area (Å²) < 4.78 is 13.1. The number of nitrogens with zero attached hydrogens (tertiary/aromatic N) is 1. The Morgan fingerprint density at radius 1 is 1.22 bits per heavy atom. The van der Waals surface area contributed by atoms with Gasteiger partial charge in [0.25, 0.3) is 0 Å².